The number of ether oxygens (including phenoxy) is 1. The van der Waals surface area contributed by atoms with Crippen molar-refractivity contribution in [3.05, 3.63) is 35.6 Å². The molecule has 0 heterocycles. The first kappa shape index (κ1) is 14.6. The second-order valence-corrected chi connectivity index (χ2v) is 5.24. The van der Waals surface area contributed by atoms with Crippen molar-refractivity contribution in [3.8, 4) is 0 Å². The number of halogens is 1. The number of nitrogens with one attached hydrogen (secondary N) is 1. The van der Waals surface area contributed by atoms with E-state index in [1.54, 1.807) is 6.07 Å². The molecule has 1 rings (SSSR count). The van der Waals surface area contributed by atoms with Crippen LogP contribution in [-0.2, 0) is 9.53 Å². The standard InChI is InChI=1S/C14H20FNO2/c1-10(11-6-5-7-12(15)8-11)16-9-13(17)18-14(2,3)4/h5-8,10,16H,9H2,1-4H3/t10-/m0/s1. The van der Waals surface area contributed by atoms with Crippen LogP contribution in [0.3, 0.4) is 0 Å². The molecule has 1 aromatic rings. The molecule has 0 spiro atoms. The molecular formula is C14H20FNO2. The summed E-state index contributed by atoms with van der Waals surface area (Å²) in [4.78, 5) is 11.5. The van der Waals surface area contributed by atoms with Crippen LogP contribution in [0, 0.1) is 5.82 Å². The van der Waals surface area contributed by atoms with Gasteiger partial charge in [0.1, 0.15) is 11.4 Å². The molecule has 1 atom stereocenters. The van der Waals surface area contributed by atoms with Gasteiger partial charge in [-0.3, -0.25) is 4.79 Å². The van der Waals surface area contributed by atoms with Gasteiger partial charge in [0.15, 0.2) is 0 Å². The number of benzene rings is 1. The number of rotatable bonds is 4. The van der Waals surface area contributed by atoms with Crippen molar-refractivity contribution in [3.63, 3.8) is 0 Å². The molecular weight excluding hydrogens is 233 g/mol. The minimum atomic E-state index is -0.485. The minimum absolute atomic E-state index is 0.104. The highest BCUT2D eigenvalue weighted by atomic mass is 19.1. The molecule has 0 amide bonds. The first-order valence-electron chi connectivity index (χ1n) is 5.98. The lowest BCUT2D eigenvalue weighted by Crippen LogP contribution is -2.32. The number of carbonyl (C=O) groups is 1. The Hall–Kier alpha value is -1.42. The van der Waals surface area contributed by atoms with E-state index in [0.29, 0.717) is 0 Å². The molecule has 1 aromatic carbocycles. The largest absolute Gasteiger partial charge is 0.459 e. The van der Waals surface area contributed by atoms with Gasteiger partial charge in [0.05, 0.1) is 6.54 Å². The van der Waals surface area contributed by atoms with Crippen LogP contribution in [-0.4, -0.2) is 18.1 Å². The minimum Gasteiger partial charge on any atom is -0.459 e. The molecule has 0 unspecified atom stereocenters. The first-order chi connectivity index (χ1) is 8.28. The number of hydrogen-bond acceptors (Lipinski definition) is 3. The summed E-state index contributed by atoms with van der Waals surface area (Å²) in [5.41, 5.74) is 0.319. The molecule has 0 aliphatic carbocycles. The fourth-order valence-electron chi connectivity index (χ4n) is 1.51. The molecule has 100 valence electrons. The Kier molecular flexibility index (Phi) is 4.84. The molecule has 0 bridgehead atoms. The Bertz CT molecular complexity index is 413. The van der Waals surface area contributed by atoms with E-state index in [4.69, 9.17) is 4.74 Å². The second-order valence-electron chi connectivity index (χ2n) is 5.24. The monoisotopic (exact) mass is 253 g/mol. The van der Waals surface area contributed by atoms with Gasteiger partial charge >= 0.3 is 5.97 Å². The Morgan fingerprint density at radius 3 is 2.67 bits per heavy atom. The van der Waals surface area contributed by atoms with E-state index >= 15 is 0 Å². The van der Waals surface area contributed by atoms with Crippen LogP contribution in [0.15, 0.2) is 24.3 Å². The molecule has 18 heavy (non-hydrogen) atoms. The van der Waals surface area contributed by atoms with Crippen molar-refractivity contribution >= 4 is 5.97 Å². The fourth-order valence-corrected chi connectivity index (χ4v) is 1.51. The highest BCUT2D eigenvalue weighted by Gasteiger charge is 2.16. The predicted molar refractivity (Wildman–Crippen MR) is 68.7 cm³/mol. The van der Waals surface area contributed by atoms with E-state index in [0.717, 1.165) is 5.56 Å². The Balaban J connectivity index is 2.46. The van der Waals surface area contributed by atoms with Gasteiger partial charge in [0.25, 0.3) is 0 Å². The molecule has 0 aliphatic heterocycles. The predicted octanol–water partition coefficient (Wildman–Crippen LogP) is 2.82. The maximum absolute atomic E-state index is 13.0. The zero-order valence-electron chi connectivity index (χ0n) is 11.3. The lowest BCUT2D eigenvalue weighted by atomic mass is 10.1. The van der Waals surface area contributed by atoms with Crippen LogP contribution in [0.2, 0.25) is 0 Å². The summed E-state index contributed by atoms with van der Waals surface area (Å²) in [6, 6.07) is 6.21. The van der Waals surface area contributed by atoms with Crippen molar-refractivity contribution in [2.45, 2.75) is 39.3 Å². The molecule has 0 aromatic heterocycles. The van der Waals surface area contributed by atoms with Gasteiger partial charge in [-0.2, -0.15) is 0 Å². The van der Waals surface area contributed by atoms with Gasteiger partial charge in [-0.05, 0) is 45.4 Å². The van der Waals surface area contributed by atoms with Gasteiger partial charge < -0.3 is 10.1 Å². The Labute approximate surface area is 107 Å². The number of esters is 1. The van der Waals surface area contributed by atoms with Crippen LogP contribution >= 0.6 is 0 Å². The molecule has 4 heteroatoms. The molecule has 0 saturated heterocycles. The maximum atomic E-state index is 13.0. The van der Waals surface area contributed by atoms with E-state index in [1.165, 1.54) is 12.1 Å². The van der Waals surface area contributed by atoms with E-state index < -0.39 is 5.60 Å². The summed E-state index contributed by atoms with van der Waals surface area (Å²) < 4.78 is 18.2. The van der Waals surface area contributed by atoms with Gasteiger partial charge in [0, 0.05) is 6.04 Å². The van der Waals surface area contributed by atoms with E-state index in [2.05, 4.69) is 5.32 Å². The van der Waals surface area contributed by atoms with Crippen LogP contribution in [0.25, 0.3) is 0 Å². The van der Waals surface area contributed by atoms with Crippen molar-refractivity contribution in [2.75, 3.05) is 6.54 Å². The van der Waals surface area contributed by atoms with Crippen LogP contribution < -0.4 is 5.32 Å². The van der Waals surface area contributed by atoms with Crippen LogP contribution in [0.5, 0.6) is 0 Å². The second kappa shape index (κ2) is 5.96. The van der Waals surface area contributed by atoms with Gasteiger partial charge in [0.2, 0.25) is 0 Å². The summed E-state index contributed by atoms with van der Waals surface area (Å²) in [5, 5.41) is 3.01. The normalized spacial score (nSPS) is 13.2. The molecule has 0 saturated carbocycles. The molecule has 3 nitrogen and oxygen atoms in total. The fraction of sp³-hybridized carbons (Fsp3) is 0.500. The molecule has 0 fully saturated rings. The van der Waals surface area contributed by atoms with E-state index in [1.807, 2.05) is 33.8 Å². The third kappa shape index (κ3) is 5.27. The molecule has 0 aliphatic rings. The Morgan fingerprint density at radius 1 is 1.44 bits per heavy atom. The highest BCUT2D eigenvalue weighted by molar-refractivity contribution is 5.72. The average Bonchev–Trinajstić information content (AvgIpc) is 2.23. The average molecular weight is 253 g/mol. The zero-order valence-corrected chi connectivity index (χ0v) is 11.3. The lowest BCUT2D eigenvalue weighted by Gasteiger charge is -2.21. The SMILES string of the molecule is C[C@H](NCC(=O)OC(C)(C)C)c1cccc(F)c1. The quantitative estimate of drug-likeness (QED) is 0.838. The van der Waals surface area contributed by atoms with Crippen molar-refractivity contribution in [2.24, 2.45) is 0 Å². The number of hydrogen-bond donors (Lipinski definition) is 1. The highest BCUT2D eigenvalue weighted by Crippen LogP contribution is 2.13. The van der Waals surface area contributed by atoms with Crippen molar-refractivity contribution in [1.29, 1.82) is 0 Å². The van der Waals surface area contributed by atoms with Gasteiger partial charge in [-0.15, -0.1) is 0 Å². The third-order valence-corrected chi connectivity index (χ3v) is 2.32. The Morgan fingerprint density at radius 2 is 2.11 bits per heavy atom. The van der Waals surface area contributed by atoms with Crippen LogP contribution in [0.1, 0.15) is 39.3 Å². The van der Waals surface area contributed by atoms with Crippen molar-refractivity contribution < 1.29 is 13.9 Å². The summed E-state index contributed by atoms with van der Waals surface area (Å²) in [7, 11) is 0. The first-order valence-corrected chi connectivity index (χ1v) is 5.98. The molecule has 0 radical (unpaired) electrons. The summed E-state index contributed by atoms with van der Waals surface area (Å²) in [6.45, 7) is 7.44. The third-order valence-electron chi connectivity index (χ3n) is 2.32. The van der Waals surface area contributed by atoms with E-state index in [-0.39, 0.29) is 24.4 Å². The van der Waals surface area contributed by atoms with E-state index in [9.17, 15) is 9.18 Å². The van der Waals surface area contributed by atoms with Crippen molar-refractivity contribution in [1.82, 2.24) is 5.32 Å². The summed E-state index contributed by atoms with van der Waals surface area (Å²) in [5.74, 6) is -0.593. The van der Waals surface area contributed by atoms with Gasteiger partial charge in [-0.1, -0.05) is 12.1 Å². The van der Waals surface area contributed by atoms with Gasteiger partial charge in [-0.25, -0.2) is 4.39 Å². The zero-order chi connectivity index (χ0) is 13.8. The smallest absolute Gasteiger partial charge is 0.320 e. The topological polar surface area (TPSA) is 38.3 Å². The summed E-state index contributed by atoms with van der Waals surface area (Å²) in [6.07, 6.45) is 0. The number of carbonyl (C=O) groups excluding carboxylic acids is 1. The lowest BCUT2D eigenvalue weighted by molar-refractivity contribution is -0.153. The maximum Gasteiger partial charge on any atom is 0.320 e. The molecule has 1 N–H and O–H groups in total. The van der Waals surface area contributed by atoms with Crippen LogP contribution in [0.4, 0.5) is 4.39 Å². The summed E-state index contributed by atoms with van der Waals surface area (Å²) >= 11 is 0.